The molecule has 1 aliphatic heterocycles. The van der Waals surface area contributed by atoms with Crippen LogP contribution < -0.4 is 5.73 Å². The minimum atomic E-state index is -3.39. The summed E-state index contributed by atoms with van der Waals surface area (Å²) in [5.74, 6) is 0. The van der Waals surface area contributed by atoms with Crippen molar-refractivity contribution < 1.29 is 8.42 Å². The van der Waals surface area contributed by atoms with Gasteiger partial charge in [0, 0.05) is 31.7 Å². The fourth-order valence-electron chi connectivity index (χ4n) is 2.45. The van der Waals surface area contributed by atoms with E-state index >= 15 is 0 Å². The first-order valence-electron chi connectivity index (χ1n) is 7.34. The molecule has 1 fully saturated rings. The number of nitrogens with zero attached hydrogens (tertiary/aromatic N) is 2. The molecule has 0 radical (unpaired) electrons. The summed E-state index contributed by atoms with van der Waals surface area (Å²) in [4.78, 5) is 0. The van der Waals surface area contributed by atoms with Gasteiger partial charge in [0.1, 0.15) is 0 Å². The Bertz CT molecular complexity index is 360. The van der Waals surface area contributed by atoms with Gasteiger partial charge in [-0.2, -0.15) is 17.0 Å². The molecule has 5 nitrogen and oxygen atoms in total. The van der Waals surface area contributed by atoms with Gasteiger partial charge in [-0.05, 0) is 33.1 Å². The van der Waals surface area contributed by atoms with Crippen LogP contribution in [-0.2, 0) is 10.2 Å². The summed E-state index contributed by atoms with van der Waals surface area (Å²) in [6.45, 7) is 7.95. The fourth-order valence-corrected chi connectivity index (χ4v) is 4.56. The summed E-state index contributed by atoms with van der Waals surface area (Å²) in [5.41, 5.74) is 5.24. The Hall–Kier alpha value is -0.170. The number of hydrogen-bond acceptors (Lipinski definition) is 3. The molecule has 0 atom stereocenters. The van der Waals surface area contributed by atoms with E-state index in [2.05, 4.69) is 0 Å². The van der Waals surface area contributed by atoms with Crippen LogP contribution in [0.1, 0.15) is 52.9 Å². The van der Waals surface area contributed by atoms with Crippen LogP contribution in [0.5, 0.6) is 0 Å². The second-order valence-electron chi connectivity index (χ2n) is 5.91. The molecule has 0 aromatic carbocycles. The summed E-state index contributed by atoms with van der Waals surface area (Å²) in [6.07, 6.45) is 4.97. The van der Waals surface area contributed by atoms with Crippen molar-refractivity contribution in [2.75, 3.05) is 26.2 Å². The summed E-state index contributed by atoms with van der Waals surface area (Å²) >= 11 is 0. The van der Waals surface area contributed by atoms with E-state index < -0.39 is 15.7 Å². The number of nitrogens with two attached hydrogens (primary N) is 1. The molecule has 1 aliphatic rings. The van der Waals surface area contributed by atoms with Gasteiger partial charge in [-0.15, -0.1) is 0 Å². The molecule has 1 heterocycles. The van der Waals surface area contributed by atoms with Crippen molar-refractivity contribution >= 4 is 10.2 Å². The molecule has 0 spiro atoms. The zero-order valence-corrected chi connectivity index (χ0v) is 13.4. The Kier molecular flexibility index (Phi) is 6.23. The van der Waals surface area contributed by atoms with E-state index in [0.29, 0.717) is 26.2 Å². The van der Waals surface area contributed by atoms with E-state index in [1.165, 1.54) is 0 Å². The predicted octanol–water partition coefficient (Wildman–Crippen LogP) is 1.56. The Morgan fingerprint density at radius 2 is 1.68 bits per heavy atom. The molecular formula is C13H29N3O2S. The smallest absolute Gasteiger partial charge is 0.282 e. The Balaban J connectivity index is 2.97. The van der Waals surface area contributed by atoms with Gasteiger partial charge < -0.3 is 5.73 Å². The minimum Gasteiger partial charge on any atom is -0.329 e. The molecule has 114 valence electrons. The lowest BCUT2D eigenvalue weighted by atomic mass is 10.1. The SMILES string of the molecule is CCCN(C(C)(C)CN)S(=O)(=O)N1CCCCCC1. The topological polar surface area (TPSA) is 66.6 Å². The molecule has 0 aliphatic carbocycles. The third-order valence-corrected chi connectivity index (χ3v) is 6.02. The Morgan fingerprint density at radius 3 is 2.11 bits per heavy atom. The molecule has 0 aromatic rings. The van der Waals surface area contributed by atoms with Gasteiger partial charge in [-0.1, -0.05) is 19.8 Å². The van der Waals surface area contributed by atoms with Crippen molar-refractivity contribution in [3.63, 3.8) is 0 Å². The van der Waals surface area contributed by atoms with Gasteiger partial charge >= 0.3 is 0 Å². The highest BCUT2D eigenvalue weighted by Gasteiger charge is 2.38. The molecule has 0 aromatic heterocycles. The lowest BCUT2D eigenvalue weighted by molar-refractivity contribution is 0.215. The van der Waals surface area contributed by atoms with Crippen LogP contribution in [-0.4, -0.2) is 48.7 Å². The normalized spacial score (nSPS) is 19.6. The average molecular weight is 291 g/mol. The van der Waals surface area contributed by atoms with Gasteiger partial charge in [0.15, 0.2) is 0 Å². The first-order valence-corrected chi connectivity index (χ1v) is 8.74. The maximum Gasteiger partial charge on any atom is 0.282 e. The summed E-state index contributed by atoms with van der Waals surface area (Å²) < 4.78 is 28.9. The fraction of sp³-hybridized carbons (Fsp3) is 1.00. The molecule has 0 bridgehead atoms. The zero-order valence-electron chi connectivity index (χ0n) is 12.6. The van der Waals surface area contributed by atoms with Crippen LogP contribution in [0.4, 0.5) is 0 Å². The number of hydrogen-bond donors (Lipinski definition) is 1. The van der Waals surface area contributed by atoms with Crippen LogP contribution in [0, 0.1) is 0 Å². The molecule has 1 saturated heterocycles. The van der Waals surface area contributed by atoms with Crippen molar-refractivity contribution in [2.45, 2.75) is 58.4 Å². The van der Waals surface area contributed by atoms with Crippen LogP contribution in [0.15, 0.2) is 0 Å². The summed E-state index contributed by atoms with van der Waals surface area (Å²) in [6, 6.07) is 0. The summed E-state index contributed by atoms with van der Waals surface area (Å²) in [7, 11) is -3.39. The van der Waals surface area contributed by atoms with E-state index in [9.17, 15) is 8.42 Å². The third kappa shape index (κ3) is 4.15. The molecular weight excluding hydrogens is 262 g/mol. The molecule has 1 rings (SSSR count). The van der Waals surface area contributed by atoms with Crippen molar-refractivity contribution in [3.8, 4) is 0 Å². The van der Waals surface area contributed by atoms with Crippen molar-refractivity contribution in [3.05, 3.63) is 0 Å². The zero-order chi connectivity index (χ0) is 14.5. The molecule has 0 saturated carbocycles. The third-order valence-electron chi connectivity index (χ3n) is 3.77. The molecule has 19 heavy (non-hydrogen) atoms. The van der Waals surface area contributed by atoms with Gasteiger partial charge in [-0.3, -0.25) is 0 Å². The molecule has 0 unspecified atom stereocenters. The van der Waals surface area contributed by atoms with E-state index in [0.717, 1.165) is 32.1 Å². The summed E-state index contributed by atoms with van der Waals surface area (Å²) in [5, 5.41) is 0. The van der Waals surface area contributed by atoms with Crippen LogP contribution >= 0.6 is 0 Å². The molecule has 6 heteroatoms. The first-order chi connectivity index (χ1) is 8.86. The van der Waals surface area contributed by atoms with Crippen LogP contribution in [0.25, 0.3) is 0 Å². The van der Waals surface area contributed by atoms with Crippen molar-refractivity contribution in [2.24, 2.45) is 5.73 Å². The predicted molar refractivity (Wildman–Crippen MR) is 79.1 cm³/mol. The maximum atomic E-state index is 12.8. The van der Waals surface area contributed by atoms with Crippen LogP contribution in [0.3, 0.4) is 0 Å². The quantitative estimate of drug-likeness (QED) is 0.807. The lowest BCUT2D eigenvalue weighted by Crippen LogP contribution is -2.56. The lowest BCUT2D eigenvalue weighted by Gasteiger charge is -2.39. The molecule has 2 N–H and O–H groups in total. The Labute approximate surface area is 118 Å². The first kappa shape index (κ1) is 16.9. The monoisotopic (exact) mass is 291 g/mol. The van der Waals surface area contributed by atoms with E-state index in [4.69, 9.17) is 5.73 Å². The van der Waals surface area contributed by atoms with E-state index in [1.54, 1.807) is 8.61 Å². The Morgan fingerprint density at radius 1 is 1.16 bits per heavy atom. The van der Waals surface area contributed by atoms with Crippen molar-refractivity contribution in [1.82, 2.24) is 8.61 Å². The van der Waals surface area contributed by atoms with Gasteiger partial charge in [0.25, 0.3) is 10.2 Å². The number of rotatable bonds is 6. The highest BCUT2D eigenvalue weighted by atomic mass is 32.2. The minimum absolute atomic E-state index is 0.333. The average Bonchev–Trinajstić information content (AvgIpc) is 2.64. The second-order valence-corrected chi connectivity index (χ2v) is 7.76. The highest BCUT2D eigenvalue weighted by Crippen LogP contribution is 2.23. The van der Waals surface area contributed by atoms with Crippen molar-refractivity contribution in [1.29, 1.82) is 0 Å². The standard InChI is InChI=1S/C13H29N3O2S/c1-4-9-16(13(2,3)12-14)19(17,18)15-10-7-5-6-8-11-15/h4-12,14H2,1-3H3. The van der Waals surface area contributed by atoms with Gasteiger partial charge in [0.05, 0.1) is 0 Å². The second kappa shape index (κ2) is 7.02. The van der Waals surface area contributed by atoms with Gasteiger partial charge in [0.2, 0.25) is 0 Å². The largest absolute Gasteiger partial charge is 0.329 e. The van der Waals surface area contributed by atoms with E-state index in [1.807, 2.05) is 20.8 Å². The maximum absolute atomic E-state index is 12.8. The van der Waals surface area contributed by atoms with Crippen LogP contribution in [0.2, 0.25) is 0 Å². The van der Waals surface area contributed by atoms with E-state index in [-0.39, 0.29) is 0 Å². The molecule has 0 amide bonds. The highest BCUT2D eigenvalue weighted by molar-refractivity contribution is 7.86. The van der Waals surface area contributed by atoms with Gasteiger partial charge in [-0.25, -0.2) is 0 Å².